The van der Waals surface area contributed by atoms with Gasteiger partial charge in [0.05, 0.1) is 6.04 Å². The Kier molecular flexibility index (Phi) is 4.41. The summed E-state index contributed by atoms with van der Waals surface area (Å²) >= 11 is 0. The van der Waals surface area contributed by atoms with Crippen molar-refractivity contribution in [2.45, 2.75) is 38.9 Å². The summed E-state index contributed by atoms with van der Waals surface area (Å²) in [6.07, 6.45) is -4.91. The molecular formula is C11H16F3NO. The summed E-state index contributed by atoms with van der Waals surface area (Å²) in [6, 6.07) is 3.12. The third kappa shape index (κ3) is 4.26. The number of rotatable bonds is 5. The Labute approximate surface area is 92.8 Å². The van der Waals surface area contributed by atoms with E-state index >= 15 is 0 Å². The second-order valence-corrected chi connectivity index (χ2v) is 3.71. The third-order valence-electron chi connectivity index (χ3n) is 2.27. The van der Waals surface area contributed by atoms with Crippen LogP contribution in [-0.2, 0) is 0 Å². The SMILES string of the molecule is CCNC(CCC(F)(F)F)c1ccc(C)o1. The molecule has 16 heavy (non-hydrogen) atoms. The van der Waals surface area contributed by atoms with Crippen LogP contribution in [0.4, 0.5) is 13.2 Å². The van der Waals surface area contributed by atoms with Crippen molar-refractivity contribution in [2.24, 2.45) is 0 Å². The number of aryl methyl sites for hydroxylation is 1. The quantitative estimate of drug-likeness (QED) is 0.843. The van der Waals surface area contributed by atoms with Crippen molar-refractivity contribution >= 4 is 0 Å². The van der Waals surface area contributed by atoms with Crippen LogP contribution in [0.15, 0.2) is 16.5 Å². The van der Waals surface area contributed by atoms with Crippen LogP contribution in [0.1, 0.15) is 37.3 Å². The van der Waals surface area contributed by atoms with Crippen LogP contribution < -0.4 is 5.32 Å². The Morgan fingerprint density at radius 2 is 2.06 bits per heavy atom. The van der Waals surface area contributed by atoms with Gasteiger partial charge in [0.25, 0.3) is 0 Å². The lowest BCUT2D eigenvalue weighted by Crippen LogP contribution is -2.22. The Balaban J connectivity index is 2.61. The number of nitrogens with one attached hydrogen (secondary N) is 1. The first kappa shape index (κ1) is 13.1. The molecule has 0 saturated carbocycles. The first-order chi connectivity index (χ1) is 7.42. The molecule has 0 aliphatic heterocycles. The molecule has 0 aromatic carbocycles. The highest BCUT2D eigenvalue weighted by molar-refractivity contribution is 5.09. The van der Waals surface area contributed by atoms with Gasteiger partial charge < -0.3 is 9.73 Å². The molecule has 2 nitrogen and oxygen atoms in total. The van der Waals surface area contributed by atoms with Gasteiger partial charge in [-0.2, -0.15) is 13.2 Å². The van der Waals surface area contributed by atoms with E-state index in [4.69, 9.17) is 4.42 Å². The van der Waals surface area contributed by atoms with Crippen molar-refractivity contribution in [2.75, 3.05) is 6.54 Å². The summed E-state index contributed by atoms with van der Waals surface area (Å²) in [6.45, 7) is 4.24. The van der Waals surface area contributed by atoms with Crippen LogP contribution in [-0.4, -0.2) is 12.7 Å². The van der Waals surface area contributed by atoms with Crippen LogP contribution in [0.25, 0.3) is 0 Å². The van der Waals surface area contributed by atoms with E-state index in [9.17, 15) is 13.2 Å². The van der Waals surface area contributed by atoms with Gasteiger partial charge in [0.1, 0.15) is 11.5 Å². The predicted octanol–water partition coefficient (Wildman–Crippen LogP) is 3.58. The second-order valence-electron chi connectivity index (χ2n) is 3.71. The van der Waals surface area contributed by atoms with Gasteiger partial charge in [-0.05, 0) is 32.0 Å². The van der Waals surface area contributed by atoms with Gasteiger partial charge in [0, 0.05) is 6.42 Å². The summed E-state index contributed by atoms with van der Waals surface area (Å²) in [4.78, 5) is 0. The average molecular weight is 235 g/mol. The molecule has 1 aromatic heterocycles. The number of furan rings is 1. The maximum absolute atomic E-state index is 12.1. The van der Waals surface area contributed by atoms with E-state index in [2.05, 4.69) is 5.32 Å². The highest BCUT2D eigenvalue weighted by Crippen LogP contribution is 2.28. The van der Waals surface area contributed by atoms with E-state index in [-0.39, 0.29) is 12.5 Å². The summed E-state index contributed by atoms with van der Waals surface area (Å²) in [5, 5.41) is 2.99. The van der Waals surface area contributed by atoms with Crippen molar-refractivity contribution in [3.05, 3.63) is 23.7 Å². The molecule has 0 bridgehead atoms. The molecule has 1 N–H and O–H groups in total. The fraction of sp³-hybridized carbons (Fsp3) is 0.636. The number of hydrogen-bond donors (Lipinski definition) is 1. The van der Waals surface area contributed by atoms with E-state index in [1.165, 1.54) is 0 Å². The smallest absolute Gasteiger partial charge is 0.389 e. The minimum absolute atomic E-state index is 0.00426. The van der Waals surface area contributed by atoms with Gasteiger partial charge in [-0.25, -0.2) is 0 Å². The van der Waals surface area contributed by atoms with Gasteiger partial charge in [-0.3, -0.25) is 0 Å². The molecular weight excluding hydrogens is 219 g/mol. The van der Waals surface area contributed by atoms with Gasteiger partial charge in [-0.15, -0.1) is 0 Å². The van der Waals surface area contributed by atoms with Gasteiger partial charge in [0.2, 0.25) is 0 Å². The van der Waals surface area contributed by atoms with E-state index in [0.29, 0.717) is 18.1 Å². The summed E-state index contributed by atoms with van der Waals surface area (Å²) < 4.78 is 41.7. The first-order valence-electron chi connectivity index (χ1n) is 5.29. The van der Waals surface area contributed by atoms with Crippen LogP contribution in [0.3, 0.4) is 0 Å². The lowest BCUT2D eigenvalue weighted by molar-refractivity contribution is -0.136. The molecule has 5 heteroatoms. The van der Waals surface area contributed by atoms with Crippen molar-refractivity contribution < 1.29 is 17.6 Å². The minimum atomic E-state index is -4.12. The molecule has 1 heterocycles. The minimum Gasteiger partial charge on any atom is -0.465 e. The molecule has 0 aliphatic rings. The zero-order valence-corrected chi connectivity index (χ0v) is 9.40. The van der Waals surface area contributed by atoms with Crippen molar-refractivity contribution in [1.82, 2.24) is 5.32 Å². The van der Waals surface area contributed by atoms with Crippen molar-refractivity contribution in [3.8, 4) is 0 Å². The maximum atomic E-state index is 12.1. The van der Waals surface area contributed by atoms with Crippen molar-refractivity contribution in [3.63, 3.8) is 0 Å². The largest absolute Gasteiger partial charge is 0.465 e. The molecule has 1 rings (SSSR count). The van der Waals surface area contributed by atoms with E-state index in [1.54, 1.807) is 19.1 Å². The van der Waals surface area contributed by atoms with Gasteiger partial charge in [-0.1, -0.05) is 6.92 Å². The fourth-order valence-electron chi connectivity index (χ4n) is 1.54. The maximum Gasteiger partial charge on any atom is 0.389 e. The highest BCUT2D eigenvalue weighted by atomic mass is 19.4. The summed E-state index contributed by atoms with van der Waals surface area (Å²) in [7, 11) is 0. The van der Waals surface area contributed by atoms with Crippen LogP contribution in [0.2, 0.25) is 0 Å². The van der Waals surface area contributed by atoms with Crippen LogP contribution in [0, 0.1) is 6.92 Å². The lowest BCUT2D eigenvalue weighted by Gasteiger charge is -2.16. The van der Waals surface area contributed by atoms with Crippen LogP contribution in [0.5, 0.6) is 0 Å². The normalized spacial score (nSPS) is 14.1. The second kappa shape index (κ2) is 5.39. The molecule has 0 radical (unpaired) electrons. The number of halogens is 3. The standard InChI is InChI=1S/C11H16F3NO/c1-3-15-9(6-7-11(12,13)14)10-5-4-8(2)16-10/h4-5,9,15H,3,6-7H2,1-2H3. The molecule has 0 aliphatic carbocycles. The number of hydrogen-bond acceptors (Lipinski definition) is 2. The van der Waals surface area contributed by atoms with Gasteiger partial charge >= 0.3 is 6.18 Å². The van der Waals surface area contributed by atoms with E-state index in [1.807, 2.05) is 6.92 Å². The highest BCUT2D eigenvalue weighted by Gasteiger charge is 2.29. The topological polar surface area (TPSA) is 25.2 Å². The van der Waals surface area contributed by atoms with E-state index in [0.717, 1.165) is 0 Å². The fourth-order valence-corrected chi connectivity index (χ4v) is 1.54. The molecule has 92 valence electrons. The Morgan fingerprint density at radius 1 is 1.38 bits per heavy atom. The molecule has 1 aromatic rings. The molecule has 1 atom stereocenters. The summed E-state index contributed by atoms with van der Waals surface area (Å²) in [5.41, 5.74) is 0. The zero-order valence-electron chi connectivity index (χ0n) is 9.40. The Morgan fingerprint density at radius 3 is 2.50 bits per heavy atom. The van der Waals surface area contributed by atoms with Crippen molar-refractivity contribution in [1.29, 1.82) is 0 Å². The predicted molar refractivity (Wildman–Crippen MR) is 55.2 cm³/mol. The summed E-state index contributed by atoms with van der Waals surface area (Å²) in [5.74, 6) is 1.29. The average Bonchev–Trinajstić information content (AvgIpc) is 2.57. The number of alkyl halides is 3. The lowest BCUT2D eigenvalue weighted by atomic mass is 10.1. The third-order valence-corrected chi connectivity index (χ3v) is 2.27. The molecule has 0 fully saturated rings. The Bertz CT molecular complexity index is 319. The molecule has 0 spiro atoms. The molecule has 0 saturated heterocycles. The first-order valence-corrected chi connectivity index (χ1v) is 5.29. The zero-order chi connectivity index (χ0) is 12.2. The van der Waals surface area contributed by atoms with Crippen LogP contribution >= 0.6 is 0 Å². The van der Waals surface area contributed by atoms with E-state index < -0.39 is 12.6 Å². The molecule has 1 unspecified atom stereocenters. The molecule has 0 amide bonds. The van der Waals surface area contributed by atoms with Gasteiger partial charge in [0.15, 0.2) is 0 Å². The monoisotopic (exact) mass is 235 g/mol. The Hall–Kier alpha value is -0.970.